The average Bonchev–Trinajstić information content (AvgIpc) is 3.49. The van der Waals surface area contributed by atoms with Crippen molar-refractivity contribution in [2.75, 3.05) is 7.11 Å². The van der Waals surface area contributed by atoms with Gasteiger partial charge in [-0.15, -0.1) is 0 Å². The summed E-state index contributed by atoms with van der Waals surface area (Å²) in [7, 11) is 1.38. The van der Waals surface area contributed by atoms with Gasteiger partial charge in [0, 0.05) is 40.1 Å². The summed E-state index contributed by atoms with van der Waals surface area (Å²) in [4.78, 5) is 29.8. The number of methoxy groups -OCH3 is 1. The lowest BCUT2D eigenvalue weighted by Crippen LogP contribution is -2.12. The first kappa shape index (κ1) is 22.1. The molecule has 8 nitrogen and oxygen atoms in total. The number of hydrogen-bond donors (Lipinski definition) is 0. The molecule has 176 valence electrons. The van der Waals surface area contributed by atoms with Gasteiger partial charge in [0.1, 0.15) is 5.75 Å². The highest BCUT2D eigenvalue weighted by atomic mass is 16.5. The molecule has 0 bridgehead atoms. The second-order valence-corrected chi connectivity index (χ2v) is 9.02. The number of rotatable bonds is 6. The summed E-state index contributed by atoms with van der Waals surface area (Å²) in [6, 6.07) is 7.82. The second-order valence-electron chi connectivity index (χ2n) is 9.02. The van der Waals surface area contributed by atoms with Crippen molar-refractivity contribution in [3.05, 3.63) is 58.2 Å². The van der Waals surface area contributed by atoms with E-state index in [0.717, 1.165) is 57.7 Å². The van der Waals surface area contributed by atoms with Gasteiger partial charge in [0.05, 0.1) is 24.8 Å². The van der Waals surface area contributed by atoms with Gasteiger partial charge in [-0.1, -0.05) is 0 Å². The number of carbonyl (C=O) groups is 2. The number of benzene rings is 1. The molecule has 0 N–H and O–H groups in total. The zero-order valence-corrected chi connectivity index (χ0v) is 20.1. The van der Waals surface area contributed by atoms with Gasteiger partial charge < -0.3 is 14.0 Å². The molecule has 0 spiro atoms. The van der Waals surface area contributed by atoms with Gasteiger partial charge in [0.2, 0.25) is 0 Å². The zero-order chi connectivity index (χ0) is 24.1. The first-order valence-electron chi connectivity index (χ1n) is 11.5. The van der Waals surface area contributed by atoms with E-state index in [9.17, 15) is 9.59 Å². The van der Waals surface area contributed by atoms with Crippen molar-refractivity contribution in [3.8, 4) is 5.75 Å². The van der Waals surface area contributed by atoms with Crippen molar-refractivity contribution in [2.45, 2.75) is 59.4 Å². The SMILES string of the molecule is COC(=O)c1c(C)n(C2CC2)c2ccc(OC(=O)CCc3c(C)nc4cc(C)nn4c3C)cc12. The maximum Gasteiger partial charge on any atom is 0.340 e. The Kier molecular flexibility index (Phi) is 5.38. The molecule has 8 heteroatoms. The number of aryl methyl sites for hydroxylation is 3. The molecule has 3 heterocycles. The maximum absolute atomic E-state index is 12.7. The van der Waals surface area contributed by atoms with Crippen molar-refractivity contribution < 1.29 is 19.1 Å². The van der Waals surface area contributed by atoms with Crippen molar-refractivity contribution in [3.63, 3.8) is 0 Å². The molecular weight excluding hydrogens is 432 g/mol. The monoisotopic (exact) mass is 460 g/mol. The van der Waals surface area contributed by atoms with Crippen LogP contribution in [0.4, 0.5) is 0 Å². The minimum absolute atomic E-state index is 0.207. The summed E-state index contributed by atoms with van der Waals surface area (Å²) in [5.74, 6) is -0.304. The Morgan fingerprint density at radius 2 is 1.85 bits per heavy atom. The Bertz CT molecular complexity index is 1460. The molecule has 0 saturated heterocycles. The van der Waals surface area contributed by atoms with E-state index in [1.807, 2.05) is 44.3 Å². The van der Waals surface area contributed by atoms with Gasteiger partial charge in [-0.05, 0) is 70.7 Å². The Morgan fingerprint density at radius 1 is 1.09 bits per heavy atom. The van der Waals surface area contributed by atoms with Crippen LogP contribution in [0.2, 0.25) is 0 Å². The largest absolute Gasteiger partial charge is 0.465 e. The fourth-order valence-electron chi connectivity index (χ4n) is 4.86. The summed E-state index contributed by atoms with van der Waals surface area (Å²) in [5.41, 5.74) is 6.94. The first-order valence-corrected chi connectivity index (χ1v) is 11.5. The highest BCUT2D eigenvalue weighted by Gasteiger charge is 2.30. The van der Waals surface area contributed by atoms with Gasteiger partial charge in [-0.2, -0.15) is 5.10 Å². The van der Waals surface area contributed by atoms with Gasteiger partial charge in [0.15, 0.2) is 5.65 Å². The lowest BCUT2D eigenvalue weighted by Gasteiger charge is -2.11. The third-order valence-corrected chi connectivity index (χ3v) is 6.62. The Morgan fingerprint density at radius 3 is 2.56 bits per heavy atom. The molecule has 0 aliphatic heterocycles. The molecule has 1 saturated carbocycles. The molecule has 0 radical (unpaired) electrons. The van der Waals surface area contributed by atoms with Crippen molar-refractivity contribution in [2.24, 2.45) is 0 Å². The van der Waals surface area contributed by atoms with E-state index in [4.69, 9.17) is 9.47 Å². The molecule has 1 aromatic carbocycles. The number of fused-ring (bicyclic) bond motifs is 2. The van der Waals surface area contributed by atoms with E-state index in [2.05, 4.69) is 14.6 Å². The number of nitrogens with zero attached hydrogens (tertiary/aromatic N) is 4. The van der Waals surface area contributed by atoms with Crippen LogP contribution in [0.5, 0.6) is 5.75 Å². The highest BCUT2D eigenvalue weighted by Crippen LogP contribution is 2.42. The summed E-state index contributed by atoms with van der Waals surface area (Å²) in [5, 5.41) is 5.24. The fraction of sp³-hybridized carbons (Fsp3) is 0.385. The summed E-state index contributed by atoms with van der Waals surface area (Å²) < 4.78 is 14.7. The molecule has 1 fully saturated rings. The van der Waals surface area contributed by atoms with Gasteiger partial charge in [0.25, 0.3) is 0 Å². The second kappa shape index (κ2) is 8.27. The minimum atomic E-state index is -0.381. The highest BCUT2D eigenvalue weighted by molar-refractivity contribution is 6.06. The molecule has 4 aromatic rings. The molecule has 3 aromatic heterocycles. The quantitative estimate of drug-likeness (QED) is 0.309. The van der Waals surface area contributed by atoms with Crippen LogP contribution in [0.1, 0.15) is 64.0 Å². The van der Waals surface area contributed by atoms with Crippen LogP contribution in [0.25, 0.3) is 16.6 Å². The predicted octanol–water partition coefficient (Wildman–Crippen LogP) is 4.58. The maximum atomic E-state index is 12.7. The van der Waals surface area contributed by atoms with Gasteiger partial charge in [-0.25, -0.2) is 14.3 Å². The Balaban J connectivity index is 1.38. The minimum Gasteiger partial charge on any atom is -0.465 e. The van der Waals surface area contributed by atoms with E-state index in [0.29, 0.717) is 23.8 Å². The van der Waals surface area contributed by atoms with Crippen LogP contribution in [0, 0.1) is 27.7 Å². The molecule has 0 atom stereocenters. The van der Waals surface area contributed by atoms with Crippen molar-refractivity contribution in [1.29, 1.82) is 0 Å². The topological polar surface area (TPSA) is 87.7 Å². The fourth-order valence-corrected chi connectivity index (χ4v) is 4.86. The van der Waals surface area contributed by atoms with Crippen LogP contribution in [-0.2, 0) is 16.0 Å². The molecule has 0 unspecified atom stereocenters. The number of aromatic nitrogens is 4. The number of hydrogen-bond acceptors (Lipinski definition) is 6. The van der Waals surface area contributed by atoms with E-state index in [1.165, 1.54) is 7.11 Å². The number of ether oxygens (including phenoxy) is 2. The van der Waals surface area contributed by atoms with E-state index in [-0.39, 0.29) is 18.4 Å². The van der Waals surface area contributed by atoms with Gasteiger partial charge >= 0.3 is 11.9 Å². The molecule has 1 aliphatic carbocycles. The molecule has 0 amide bonds. The van der Waals surface area contributed by atoms with Crippen molar-refractivity contribution in [1.82, 2.24) is 19.2 Å². The van der Waals surface area contributed by atoms with Crippen LogP contribution in [-0.4, -0.2) is 38.2 Å². The summed E-state index contributed by atoms with van der Waals surface area (Å²) in [6.07, 6.45) is 2.91. The van der Waals surface area contributed by atoms with Crippen LogP contribution in [0.15, 0.2) is 24.3 Å². The molecular formula is C26H28N4O4. The molecule has 5 rings (SSSR count). The van der Waals surface area contributed by atoms with Crippen molar-refractivity contribution >= 4 is 28.5 Å². The number of esters is 2. The zero-order valence-electron chi connectivity index (χ0n) is 20.1. The van der Waals surface area contributed by atoms with E-state index in [1.54, 1.807) is 12.1 Å². The van der Waals surface area contributed by atoms with Crippen LogP contribution >= 0.6 is 0 Å². The van der Waals surface area contributed by atoms with Crippen LogP contribution < -0.4 is 4.74 Å². The lowest BCUT2D eigenvalue weighted by molar-refractivity contribution is -0.134. The normalized spacial score (nSPS) is 13.6. The predicted molar refractivity (Wildman–Crippen MR) is 127 cm³/mol. The van der Waals surface area contributed by atoms with E-state index >= 15 is 0 Å². The average molecular weight is 461 g/mol. The Labute approximate surface area is 197 Å². The van der Waals surface area contributed by atoms with Crippen LogP contribution in [0.3, 0.4) is 0 Å². The lowest BCUT2D eigenvalue weighted by atomic mass is 10.1. The summed E-state index contributed by atoms with van der Waals surface area (Å²) >= 11 is 0. The standard InChI is InChI=1S/C26H28N4O4/c1-14-12-23-27-15(2)20(16(3)30(23)28-14)9-11-24(31)34-19-8-10-22-21(13-19)25(26(32)33-5)17(4)29(22)18-6-7-18/h8,10,12-13,18H,6-7,9,11H2,1-5H3. The smallest absolute Gasteiger partial charge is 0.340 e. The first-order chi connectivity index (χ1) is 16.3. The van der Waals surface area contributed by atoms with E-state index < -0.39 is 0 Å². The third-order valence-electron chi connectivity index (χ3n) is 6.62. The molecule has 34 heavy (non-hydrogen) atoms. The Hall–Kier alpha value is -3.68. The number of carbonyl (C=O) groups excluding carboxylic acids is 2. The third kappa shape index (κ3) is 3.73. The molecule has 1 aliphatic rings. The van der Waals surface area contributed by atoms with Gasteiger partial charge in [-0.3, -0.25) is 4.79 Å². The summed E-state index contributed by atoms with van der Waals surface area (Å²) in [6.45, 7) is 7.81.